The maximum absolute atomic E-state index is 11.7. The zero-order valence-corrected chi connectivity index (χ0v) is 11.9. The molecule has 4 nitrogen and oxygen atoms in total. The molecule has 2 aromatic rings. The second kappa shape index (κ2) is 6.91. The number of pyridine rings is 1. The number of nitrogens with one attached hydrogen (secondary N) is 2. The molecule has 0 bridgehead atoms. The normalized spacial score (nSPS) is 10.1. The molecular formula is C15H16ClN3O. The molecule has 0 spiro atoms. The van der Waals surface area contributed by atoms with Gasteiger partial charge in [-0.05, 0) is 42.7 Å². The molecular weight excluding hydrogens is 274 g/mol. The molecule has 0 aliphatic rings. The van der Waals surface area contributed by atoms with Gasteiger partial charge in [-0.3, -0.25) is 5.32 Å². The minimum Gasteiger partial charge on any atom is -0.337 e. The fourth-order valence-electron chi connectivity index (χ4n) is 1.72. The van der Waals surface area contributed by atoms with Gasteiger partial charge in [0.05, 0.1) is 0 Å². The lowest BCUT2D eigenvalue weighted by Crippen LogP contribution is -2.30. The van der Waals surface area contributed by atoms with Gasteiger partial charge in [0.25, 0.3) is 0 Å². The fourth-order valence-corrected chi connectivity index (χ4v) is 1.93. The van der Waals surface area contributed by atoms with Crippen LogP contribution in [-0.2, 0) is 6.42 Å². The number of hydrogen-bond acceptors (Lipinski definition) is 2. The Morgan fingerprint density at radius 3 is 2.85 bits per heavy atom. The van der Waals surface area contributed by atoms with Crippen molar-refractivity contribution in [3.8, 4) is 0 Å². The van der Waals surface area contributed by atoms with Crippen LogP contribution in [0.4, 0.5) is 10.6 Å². The first kappa shape index (κ1) is 14.3. The Kier molecular flexibility index (Phi) is 4.96. The Labute approximate surface area is 123 Å². The number of amides is 2. The van der Waals surface area contributed by atoms with Gasteiger partial charge >= 0.3 is 6.03 Å². The zero-order chi connectivity index (χ0) is 14.4. The van der Waals surface area contributed by atoms with Crippen molar-refractivity contribution in [1.82, 2.24) is 10.3 Å². The Balaban J connectivity index is 1.76. The third-order valence-corrected chi connectivity index (χ3v) is 2.98. The number of hydrogen-bond donors (Lipinski definition) is 2. The first-order chi connectivity index (χ1) is 9.63. The van der Waals surface area contributed by atoms with Crippen molar-refractivity contribution in [2.45, 2.75) is 13.3 Å². The van der Waals surface area contributed by atoms with Crippen LogP contribution in [0.5, 0.6) is 0 Å². The summed E-state index contributed by atoms with van der Waals surface area (Å²) in [5.41, 5.74) is 2.14. The summed E-state index contributed by atoms with van der Waals surface area (Å²) < 4.78 is 0. The van der Waals surface area contributed by atoms with Gasteiger partial charge in [0.1, 0.15) is 5.82 Å². The molecule has 0 saturated carbocycles. The number of benzene rings is 1. The van der Waals surface area contributed by atoms with Crippen molar-refractivity contribution in [3.63, 3.8) is 0 Å². The van der Waals surface area contributed by atoms with E-state index in [4.69, 9.17) is 11.6 Å². The van der Waals surface area contributed by atoms with Crippen molar-refractivity contribution >= 4 is 23.4 Å². The topological polar surface area (TPSA) is 54.0 Å². The summed E-state index contributed by atoms with van der Waals surface area (Å²) in [5.74, 6) is 0.538. The Morgan fingerprint density at radius 1 is 1.30 bits per heavy atom. The second-order valence-corrected chi connectivity index (χ2v) is 4.92. The predicted molar refractivity (Wildman–Crippen MR) is 81.2 cm³/mol. The number of carbonyl (C=O) groups is 1. The molecule has 0 aliphatic heterocycles. The van der Waals surface area contributed by atoms with Gasteiger partial charge in [-0.25, -0.2) is 9.78 Å². The number of halogens is 1. The number of aromatic nitrogens is 1. The van der Waals surface area contributed by atoms with Gasteiger partial charge in [-0.1, -0.05) is 29.8 Å². The van der Waals surface area contributed by atoms with Crippen LogP contribution in [-0.4, -0.2) is 17.6 Å². The number of carbonyl (C=O) groups excluding carboxylic acids is 1. The summed E-state index contributed by atoms with van der Waals surface area (Å²) in [6, 6.07) is 11.0. The molecule has 2 N–H and O–H groups in total. The van der Waals surface area contributed by atoms with E-state index in [-0.39, 0.29) is 6.03 Å². The number of rotatable bonds is 4. The van der Waals surface area contributed by atoms with Crippen LogP contribution in [0, 0.1) is 6.92 Å². The third-order valence-electron chi connectivity index (χ3n) is 2.74. The second-order valence-electron chi connectivity index (χ2n) is 4.48. The van der Waals surface area contributed by atoms with Crippen LogP contribution in [0.15, 0.2) is 42.6 Å². The first-order valence-electron chi connectivity index (χ1n) is 6.35. The van der Waals surface area contributed by atoms with Crippen LogP contribution >= 0.6 is 11.6 Å². The minimum atomic E-state index is -0.261. The number of nitrogens with zero attached hydrogens (tertiary/aromatic N) is 1. The Bertz CT molecular complexity index is 584. The SMILES string of the molecule is Cc1ccc(NC(=O)NCCc2cccc(Cl)c2)nc1. The molecule has 5 heteroatoms. The van der Waals surface area contributed by atoms with Crippen LogP contribution in [0.3, 0.4) is 0 Å². The Hall–Kier alpha value is -2.07. The van der Waals surface area contributed by atoms with Gasteiger partial charge < -0.3 is 5.32 Å². The van der Waals surface area contributed by atoms with Gasteiger partial charge in [0.2, 0.25) is 0 Å². The highest BCUT2D eigenvalue weighted by Gasteiger charge is 2.02. The summed E-state index contributed by atoms with van der Waals surface area (Å²) in [5, 5.41) is 6.16. The molecule has 1 heterocycles. The van der Waals surface area contributed by atoms with Crippen LogP contribution < -0.4 is 10.6 Å². The molecule has 104 valence electrons. The van der Waals surface area contributed by atoms with E-state index in [0.29, 0.717) is 17.4 Å². The van der Waals surface area contributed by atoms with Crippen molar-refractivity contribution in [2.75, 3.05) is 11.9 Å². The lowest BCUT2D eigenvalue weighted by atomic mass is 10.1. The summed E-state index contributed by atoms with van der Waals surface area (Å²) >= 11 is 5.90. The molecule has 2 rings (SSSR count). The molecule has 0 atom stereocenters. The fraction of sp³-hybridized carbons (Fsp3) is 0.200. The molecule has 0 saturated heterocycles. The number of urea groups is 1. The first-order valence-corrected chi connectivity index (χ1v) is 6.73. The van der Waals surface area contributed by atoms with Crippen molar-refractivity contribution < 1.29 is 4.79 Å². The smallest absolute Gasteiger partial charge is 0.320 e. The third kappa shape index (κ3) is 4.55. The summed E-state index contributed by atoms with van der Waals surface area (Å²) in [6.45, 7) is 2.49. The maximum Gasteiger partial charge on any atom is 0.320 e. The van der Waals surface area contributed by atoms with E-state index in [1.807, 2.05) is 37.3 Å². The van der Waals surface area contributed by atoms with E-state index in [0.717, 1.165) is 17.5 Å². The van der Waals surface area contributed by atoms with Crippen LogP contribution in [0.2, 0.25) is 5.02 Å². The average molecular weight is 290 g/mol. The highest BCUT2D eigenvalue weighted by molar-refractivity contribution is 6.30. The average Bonchev–Trinajstić information content (AvgIpc) is 2.41. The van der Waals surface area contributed by atoms with Crippen molar-refractivity contribution in [1.29, 1.82) is 0 Å². The molecule has 0 unspecified atom stereocenters. The molecule has 1 aromatic heterocycles. The van der Waals surface area contributed by atoms with Crippen molar-refractivity contribution in [3.05, 3.63) is 58.7 Å². The molecule has 0 aliphatic carbocycles. The van der Waals surface area contributed by atoms with E-state index in [1.165, 1.54) is 0 Å². The van der Waals surface area contributed by atoms with Gasteiger partial charge in [-0.2, -0.15) is 0 Å². The standard InChI is InChI=1S/C15H16ClN3O/c1-11-5-6-14(18-10-11)19-15(20)17-8-7-12-3-2-4-13(16)9-12/h2-6,9-10H,7-8H2,1H3,(H2,17,18,19,20). The molecule has 0 radical (unpaired) electrons. The Morgan fingerprint density at radius 2 is 2.15 bits per heavy atom. The largest absolute Gasteiger partial charge is 0.337 e. The minimum absolute atomic E-state index is 0.261. The highest BCUT2D eigenvalue weighted by Crippen LogP contribution is 2.10. The molecule has 0 fully saturated rings. The molecule has 20 heavy (non-hydrogen) atoms. The number of aryl methyl sites for hydroxylation is 1. The monoisotopic (exact) mass is 289 g/mol. The van der Waals surface area contributed by atoms with Gasteiger partial charge in [0, 0.05) is 17.8 Å². The highest BCUT2D eigenvalue weighted by atomic mass is 35.5. The summed E-state index contributed by atoms with van der Waals surface area (Å²) in [6.07, 6.45) is 2.44. The van der Waals surface area contributed by atoms with E-state index >= 15 is 0 Å². The van der Waals surface area contributed by atoms with Gasteiger partial charge in [-0.15, -0.1) is 0 Å². The van der Waals surface area contributed by atoms with E-state index in [2.05, 4.69) is 15.6 Å². The van der Waals surface area contributed by atoms with Gasteiger partial charge in [0.15, 0.2) is 0 Å². The van der Waals surface area contributed by atoms with Crippen LogP contribution in [0.25, 0.3) is 0 Å². The number of anilines is 1. The summed E-state index contributed by atoms with van der Waals surface area (Å²) in [7, 11) is 0. The van der Waals surface area contributed by atoms with E-state index < -0.39 is 0 Å². The van der Waals surface area contributed by atoms with E-state index in [1.54, 1.807) is 12.3 Å². The summed E-state index contributed by atoms with van der Waals surface area (Å²) in [4.78, 5) is 15.8. The van der Waals surface area contributed by atoms with Crippen LogP contribution in [0.1, 0.15) is 11.1 Å². The lowest BCUT2D eigenvalue weighted by Gasteiger charge is -2.07. The lowest BCUT2D eigenvalue weighted by molar-refractivity contribution is 0.252. The van der Waals surface area contributed by atoms with Crippen molar-refractivity contribution in [2.24, 2.45) is 0 Å². The molecule has 2 amide bonds. The molecule has 1 aromatic carbocycles. The quantitative estimate of drug-likeness (QED) is 0.906. The zero-order valence-electron chi connectivity index (χ0n) is 11.2. The predicted octanol–water partition coefficient (Wildman–Crippen LogP) is 3.41. The van der Waals surface area contributed by atoms with E-state index in [9.17, 15) is 4.79 Å². The maximum atomic E-state index is 11.7.